The number of alkyl halides is 3. The molecule has 2 aromatic heterocycles. The second-order valence-corrected chi connectivity index (χ2v) is 8.45. The summed E-state index contributed by atoms with van der Waals surface area (Å²) in [4.78, 5) is 15.8. The standard InChI is InChI=1S/C17H23N3O3S.C2HF3O2/c1-11-7-13(19-23-11)8-20-5-6-21-17-15(20)3-4-16(17)22-9-14-10-24-12(2)18-14;3-2(4,5)1(6)7/h7,10,15-17H,3-6,8-9H2,1-2H3;(H,6,7)/t15-,16+,17+;/m0./s1. The number of thiazole rings is 1. The van der Waals surface area contributed by atoms with Crippen molar-refractivity contribution < 1.29 is 37.1 Å². The molecule has 0 spiro atoms. The SMILES string of the molecule is Cc1cc(CN2CCO[C@H]3[C@H](OCc4csc(C)n4)CC[C@@H]32)no1.O=C(O)C(F)(F)F. The molecule has 1 aliphatic heterocycles. The lowest BCUT2D eigenvalue weighted by molar-refractivity contribution is -0.192. The second kappa shape index (κ2) is 10.1. The molecule has 31 heavy (non-hydrogen) atoms. The van der Waals surface area contributed by atoms with Crippen molar-refractivity contribution in [2.75, 3.05) is 13.2 Å². The van der Waals surface area contributed by atoms with Crippen LogP contribution in [0.4, 0.5) is 13.2 Å². The zero-order valence-electron chi connectivity index (χ0n) is 17.1. The van der Waals surface area contributed by atoms with E-state index in [9.17, 15) is 13.2 Å². The van der Waals surface area contributed by atoms with E-state index in [0.717, 1.165) is 54.7 Å². The summed E-state index contributed by atoms with van der Waals surface area (Å²) < 4.78 is 49.1. The topological polar surface area (TPSA) is 97.9 Å². The Kier molecular flexibility index (Phi) is 7.68. The highest BCUT2D eigenvalue weighted by atomic mass is 32.1. The molecule has 4 rings (SSSR count). The number of fused-ring (bicyclic) bond motifs is 1. The van der Waals surface area contributed by atoms with Crippen LogP contribution in [0.3, 0.4) is 0 Å². The van der Waals surface area contributed by atoms with E-state index in [-0.39, 0.29) is 12.2 Å². The molecule has 1 N–H and O–H groups in total. The van der Waals surface area contributed by atoms with Gasteiger partial charge in [-0.05, 0) is 26.7 Å². The molecule has 12 heteroatoms. The van der Waals surface area contributed by atoms with Crippen LogP contribution in [-0.2, 0) is 27.4 Å². The second-order valence-electron chi connectivity index (χ2n) is 7.39. The van der Waals surface area contributed by atoms with Crippen LogP contribution in [-0.4, -0.2) is 63.7 Å². The Morgan fingerprint density at radius 1 is 1.35 bits per heavy atom. The molecule has 0 aromatic carbocycles. The minimum Gasteiger partial charge on any atom is -0.475 e. The summed E-state index contributed by atoms with van der Waals surface area (Å²) in [5, 5.41) is 14.4. The van der Waals surface area contributed by atoms with E-state index in [1.54, 1.807) is 11.3 Å². The first-order chi connectivity index (χ1) is 14.6. The normalized spacial score (nSPS) is 23.8. The highest BCUT2D eigenvalue weighted by molar-refractivity contribution is 7.09. The van der Waals surface area contributed by atoms with Gasteiger partial charge in [-0.2, -0.15) is 13.2 Å². The number of hydrogen-bond donors (Lipinski definition) is 1. The summed E-state index contributed by atoms with van der Waals surface area (Å²) >= 11 is 1.67. The van der Waals surface area contributed by atoms with E-state index in [0.29, 0.717) is 12.6 Å². The van der Waals surface area contributed by atoms with E-state index in [1.165, 1.54) is 0 Å². The van der Waals surface area contributed by atoms with E-state index in [2.05, 4.69) is 20.4 Å². The molecule has 0 radical (unpaired) electrons. The Morgan fingerprint density at radius 3 is 2.68 bits per heavy atom. The number of aliphatic carboxylic acids is 1. The Hall–Kier alpha value is -2.02. The molecule has 8 nitrogen and oxygen atoms in total. The predicted molar refractivity (Wildman–Crippen MR) is 104 cm³/mol. The molecule has 3 heterocycles. The fourth-order valence-electron chi connectivity index (χ4n) is 3.73. The molecule has 0 bridgehead atoms. The lowest BCUT2D eigenvalue weighted by Gasteiger charge is -2.38. The third-order valence-electron chi connectivity index (χ3n) is 5.05. The highest BCUT2D eigenvalue weighted by Gasteiger charge is 2.43. The lowest BCUT2D eigenvalue weighted by Crippen LogP contribution is -2.51. The van der Waals surface area contributed by atoms with Gasteiger partial charge in [0.2, 0.25) is 0 Å². The van der Waals surface area contributed by atoms with Crippen LogP contribution < -0.4 is 0 Å². The molecule has 0 amide bonds. The van der Waals surface area contributed by atoms with Gasteiger partial charge in [-0.3, -0.25) is 4.90 Å². The van der Waals surface area contributed by atoms with Gasteiger partial charge in [0.05, 0.1) is 41.8 Å². The fourth-order valence-corrected chi connectivity index (χ4v) is 4.33. The summed E-state index contributed by atoms with van der Waals surface area (Å²) in [6, 6.07) is 2.41. The van der Waals surface area contributed by atoms with Gasteiger partial charge >= 0.3 is 12.1 Å². The molecule has 2 aliphatic rings. The summed E-state index contributed by atoms with van der Waals surface area (Å²) in [7, 11) is 0. The number of hydrogen-bond acceptors (Lipinski definition) is 8. The van der Waals surface area contributed by atoms with Gasteiger partial charge in [0.1, 0.15) is 5.76 Å². The number of aryl methyl sites for hydroxylation is 2. The van der Waals surface area contributed by atoms with Crippen LogP contribution in [0.2, 0.25) is 0 Å². The summed E-state index contributed by atoms with van der Waals surface area (Å²) in [6.45, 7) is 7.02. The van der Waals surface area contributed by atoms with Crippen LogP contribution in [0.5, 0.6) is 0 Å². The van der Waals surface area contributed by atoms with Crippen LogP contribution in [0.1, 0.15) is 35.0 Å². The minimum atomic E-state index is -5.08. The average molecular weight is 463 g/mol. The summed E-state index contributed by atoms with van der Waals surface area (Å²) in [5.41, 5.74) is 2.02. The van der Waals surface area contributed by atoms with Gasteiger partial charge in [0, 0.05) is 30.6 Å². The molecule has 1 saturated heterocycles. The van der Waals surface area contributed by atoms with Gasteiger partial charge < -0.3 is 19.1 Å². The van der Waals surface area contributed by atoms with Gasteiger partial charge in [-0.1, -0.05) is 5.16 Å². The van der Waals surface area contributed by atoms with Crippen molar-refractivity contribution in [3.05, 3.63) is 33.6 Å². The first-order valence-corrected chi connectivity index (χ1v) is 10.6. The smallest absolute Gasteiger partial charge is 0.475 e. The quantitative estimate of drug-likeness (QED) is 0.721. The van der Waals surface area contributed by atoms with Gasteiger partial charge in [0.25, 0.3) is 0 Å². The Labute approximate surface area is 180 Å². The Bertz CT molecular complexity index is 872. The van der Waals surface area contributed by atoms with Crippen LogP contribution in [0, 0.1) is 13.8 Å². The zero-order chi connectivity index (χ0) is 22.6. The number of carboxylic acid groups (broad SMARTS) is 1. The first kappa shape index (κ1) is 23.6. The van der Waals surface area contributed by atoms with E-state index >= 15 is 0 Å². The number of carbonyl (C=O) groups is 1. The van der Waals surface area contributed by atoms with Crippen LogP contribution >= 0.6 is 11.3 Å². The molecule has 0 unspecified atom stereocenters. The average Bonchev–Trinajstić information content (AvgIpc) is 3.41. The van der Waals surface area contributed by atoms with Crippen molar-refractivity contribution in [2.45, 2.75) is 64.3 Å². The number of carboxylic acids is 1. The van der Waals surface area contributed by atoms with Gasteiger partial charge in [0.15, 0.2) is 0 Å². The molecular weight excluding hydrogens is 439 g/mol. The van der Waals surface area contributed by atoms with Crippen molar-refractivity contribution in [1.82, 2.24) is 15.0 Å². The summed E-state index contributed by atoms with van der Waals surface area (Å²) in [6.07, 6.45) is -2.65. The molecule has 1 aliphatic carbocycles. The largest absolute Gasteiger partial charge is 0.490 e. The third kappa shape index (κ3) is 6.48. The van der Waals surface area contributed by atoms with Crippen molar-refractivity contribution in [3.8, 4) is 0 Å². The Morgan fingerprint density at radius 2 is 2.10 bits per heavy atom. The molecule has 2 fully saturated rings. The highest BCUT2D eigenvalue weighted by Crippen LogP contribution is 2.33. The fraction of sp³-hybridized carbons (Fsp3) is 0.632. The predicted octanol–water partition coefficient (Wildman–Crippen LogP) is 3.33. The zero-order valence-corrected chi connectivity index (χ0v) is 17.9. The number of halogens is 3. The maximum absolute atomic E-state index is 10.6. The Balaban J connectivity index is 0.000000339. The van der Waals surface area contributed by atoms with Crippen LogP contribution in [0.15, 0.2) is 16.0 Å². The third-order valence-corrected chi connectivity index (χ3v) is 5.87. The first-order valence-electron chi connectivity index (χ1n) is 9.74. The maximum Gasteiger partial charge on any atom is 0.490 e. The molecule has 2 aromatic rings. The molecule has 3 atom stereocenters. The minimum absolute atomic E-state index is 0.145. The molecular formula is C19H24F3N3O5S. The lowest BCUT2D eigenvalue weighted by atomic mass is 10.1. The van der Waals surface area contributed by atoms with Crippen molar-refractivity contribution >= 4 is 17.3 Å². The van der Waals surface area contributed by atoms with Crippen molar-refractivity contribution in [1.29, 1.82) is 0 Å². The summed E-state index contributed by atoms with van der Waals surface area (Å²) in [5.74, 6) is -1.89. The van der Waals surface area contributed by atoms with Gasteiger partial charge in [-0.25, -0.2) is 9.78 Å². The number of morpholine rings is 1. The van der Waals surface area contributed by atoms with Gasteiger partial charge in [-0.15, -0.1) is 11.3 Å². The number of ether oxygens (including phenoxy) is 2. The van der Waals surface area contributed by atoms with Crippen molar-refractivity contribution in [2.24, 2.45) is 0 Å². The maximum atomic E-state index is 10.6. The number of rotatable bonds is 5. The number of nitrogens with zero attached hydrogens (tertiary/aromatic N) is 3. The van der Waals surface area contributed by atoms with E-state index in [1.807, 2.05) is 19.9 Å². The monoisotopic (exact) mass is 463 g/mol. The molecule has 172 valence electrons. The number of aromatic nitrogens is 2. The molecule has 1 saturated carbocycles. The van der Waals surface area contributed by atoms with Crippen LogP contribution in [0.25, 0.3) is 0 Å². The van der Waals surface area contributed by atoms with E-state index < -0.39 is 12.1 Å². The van der Waals surface area contributed by atoms with Crippen molar-refractivity contribution in [3.63, 3.8) is 0 Å². The van der Waals surface area contributed by atoms with E-state index in [4.69, 9.17) is 23.9 Å².